The van der Waals surface area contributed by atoms with Gasteiger partial charge in [0.15, 0.2) is 0 Å². The smallest absolute Gasteiger partial charge is 0.243 e. The van der Waals surface area contributed by atoms with Gasteiger partial charge in [0.05, 0.1) is 7.05 Å². The lowest BCUT2D eigenvalue weighted by atomic mass is 9.98. The van der Waals surface area contributed by atoms with E-state index in [2.05, 4.69) is 66.0 Å². The summed E-state index contributed by atoms with van der Waals surface area (Å²) >= 11 is 0. The monoisotopic (exact) mass is 264 g/mol. The summed E-state index contributed by atoms with van der Waals surface area (Å²) < 4.78 is 4.26. The molecule has 3 heteroatoms. The van der Waals surface area contributed by atoms with E-state index in [1.54, 1.807) is 0 Å². The van der Waals surface area contributed by atoms with E-state index in [9.17, 15) is 0 Å². The molecule has 0 N–H and O–H groups in total. The van der Waals surface area contributed by atoms with E-state index in [0.29, 0.717) is 5.92 Å². The third kappa shape index (κ3) is 3.61. The van der Waals surface area contributed by atoms with Crippen LogP contribution < -0.4 is 17.0 Å². The van der Waals surface area contributed by atoms with Crippen LogP contribution in [0.2, 0.25) is 0 Å². The van der Waals surface area contributed by atoms with Crippen LogP contribution >= 0.6 is 0 Å². The number of rotatable bonds is 4. The first-order valence-corrected chi connectivity index (χ1v) is 6.29. The molecular formula is C15H21ClN2. The molecule has 1 atom stereocenters. The summed E-state index contributed by atoms with van der Waals surface area (Å²) in [6.45, 7) is 5.46. The molecule has 98 valence electrons. The standard InChI is InChI=1S/C15H21N2.ClH/c1-4-13(2)15-7-5-14(6-8-15)11-17-10-9-16(3)12-17;/h5-10,12-13H,4,11H2,1-3H3;1H/q+1;/p-1. The van der Waals surface area contributed by atoms with Crippen LogP contribution in [0.1, 0.15) is 37.3 Å². The molecule has 0 aliphatic heterocycles. The Bertz CT molecular complexity index is 473. The van der Waals surface area contributed by atoms with E-state index < -0.39 is 0 Å². The first-order valence-electron chi connectivity index (χ1n) is 6.29. The van der Waals surface area contributed by atoms with Crippen molar-refractivity contribution in [1.29, 1.82) is 0 Å². The second-order valence-electron chi connectivity index (χ2n) is 4.80. The molecule has 18 heavy (non-hydrogen) atoms. The van der Waals surface area contributed by atoms with Crippen molar-refractivity contribution < 1.29 is 17.0 Å². The fourth-order valence-electron chi connectivity index (χ4n) is 1.99. The first kappa shape index (κ1) is 14.8. The van der Waals surface area contributed by atoms with Crippen LogP contribution in [0.5, 0.6) is 0 Å². The van der Waals surface area contributed by atoms with E-state index in [4.69, 9.17) is 0 Å². The molecule has 2 nitrogen and oxygen atoms in total. The molecule has 0 radical (unpaired) electrons. The van der Waals surface area contributed by atoms with Crippen molar-refractivity contribution in [2.45, 2.75) is 32.7 Å². The molecule has 0 amide bonds. The third-order valence-electron chi connectivity index (χ3n) is 3.35. The van der Waals surface area contributed by atoms with E-state index in [-0.39, 0.29) is 12.4 Å². The molecule has 1 unspecified atom stereocenters. The van der Waals surface area contributed by atoms with Crippen molar-refractivity contribution in [2.24, 2.45) is 7.05 Å². The van der Waals surface area contributed by atoms with Crippen LogP contribution in [0.25, 0.3) is 0 Å². The summed E-state index contributed by atoms with van der Waals surface area (Å²) in [5, 5.41) is 0. The number of nitrogens with zero attached hydrogens (tertiary/aromatic N) is 2. The second kappa shape index (κ2) is 6.60. The van der Waals surface area contributed by atoms with Gasteiger partial charge < -0.3 is 12.4 Å². The highest BCUT2D eigenvalue weighted by Gasteiger charge is 2.04. The van der Waals surface area contributed by atoms with Crippen LogP contribution in [-0.2, 0) is 13.6 Å². The van der Waals surface area contributed by atoms with Gasteiger partial charge in [-0.15, -0.1) is 0 Å². The Morgan fingerprint density at radius 1 is 1.22 bits per heavy atom. The largest absolute Gasteiger partial charge is 1.00 e. The zero-order valence-electron chi connectivity index (χ0n) is 11.3. The Balaban J connectivity index is 0.00000162. The molecular weight excluding hydrogens is 244 g/mol. The third-order valence-corrected chi connectivity index (χ3v) is 3.35. The fourth-order valence-corrected chi connectivity index (χ4v) is 1.99. The topological polar surface area (TPSA) is 8.81 Å². The van der Waals surface area contributed by atoms with Gasteiger partial charge in [0.1, 0.15) is 18.9 Å². The maximum absolute atomic E-state index is 2.28. The minimum Gasteiger partial charge on any atom is -1.00 e. The molecule has 1 aromatic carbocycles. The van der Waals surface area contributed by atoms with Gasteiger partial charge in [-0.1, -0.05) is 38.1 Å². The lowest BCUT2D eigenvalue weighted by Gasteiger charge is -2.09. The van der Waals surface area contributed by atoms with Gasteiger partial charge in [0.25, 0.3) is 0 Å². The number of hydrogen-bond acceptors (Lipinski definition) is 0. The van der Waals surface area contributed by atoms with E-state index >= 15 is 0 Å². The molecule has 0 aliphatic carbocycles. The maximum atomic E-state index is 2.28. The van der Waals surface area contributed by atoms with Gasteiger partial charge in [-0.3, -0.25) is 0 Å². The maximum Gasteiger partial charge on any atom is 0.243 e. The Hall–Kier alpha value is -1.28. The zero-order valence-corrected chi connectivity index (χ0v) is 12.1. The van der Waals surface area contributed by atoms with Crippen molar-refractivity contribution >= 4 is 0 Å². The Morgan fingerprint density at radius 2 is 1.89 bits per heavy atom. The highest BCUT2D eigenvalue weighted by molar-refractivity contribution is 5.25. The summed E-state index contributed by atoms with van der Waals surface area (Å²) in [6, 6.07) is 8.99. The fraction of sp³-hybridized carbons (Fsp3) is 0.400. The number of halogens is 1. The Kier molecular flexibility index (Phi) is 5.42. The quantitative estimate of drug-likeness (QED) is 0.681. The molecule has 0 fully saturated rings. The number of aryl methyl sites for hydroxylation is 1. The molecule has 1 heterocycles. The minimum absolute atomic E-state index is 0. The number of aromatic nitrogens is 2. The average Bonchev–Trinajstić information content (AvgIpc) is 2.75. The van der Waals surface area contributed by atoms with Gasteiger partial charge in [-0.05, 0) is 23.5 Å². The molecule has 0 spiro atoms. The van der Waals surface area contributed by atoms with E-state index in [1.807, 2.05) is 7.05 Å². The van der Waals surface area contributed by atoms with Gasteiger partial charge in [0.2, 0.25) is 6.33 Å². The summed E-state index contributed by atoms with van der Waals surface area (Å²) in [7, 11) is 2.04. The van der Waals surface area contributed by atoms with E-state index in [1.165, 1.54) is 17.5 Å². The van der Waals surface area contributed by atoms with Crippen molar-refractivity contribution in [3.05, 3.63) is 54.1 Å². The van der Waals surface area contributed by atoms with Crippen LogP contribution in [0.15, 0.2) is 43.0 Å². The van der Waals surface area contributed by atoms with Crippen molar-refractivity contribution in [3.8, 4) is 0 Å². The van der Waals surface area contributed by atoms with Crippen molar-refractivity contribution in [2.75, 3.05) is 0 Å². The van der Waals surface area contributed by atoms with Gasteiger partial charge in [-0.2, -0.15) is 0 Å². The summed E-state index contributed by atoms with van der Waals surface area (Å²) in [5.41, 5.74) is 2.79. The average molecular weight is 265 g/mol. The SMILES string of the molecule is CCC(C)c1ccc(Cn2cc[n+](C)c2)cc1.[Cl-]. The molecule has 0 saturated carbocycles. The molecule has 0 saturated heterocycles. The number of imidazole rings is 1. The number of hydrogen-bond donors (Lipinski definition) is 0. The van der Waals surface area contributed by atoms with Crippen molar-refractivity contribution in [1.82, 2.24) is 4.57 Å². The molecule has 2 aromatic rings. The predicted molar refractivity (Wildman–Crippen MR) is 69.9 cm³/mol. The molecule has 1 aromatic heterocycles. The van der Waals surface area contributed by atoms with Crippen LogP contribution in [-0.4, -0.2) is 4.57 Å². The molecule has 0 bridgehead atoms. The molecule has 0 aliphatic rings. The second-order valence-corrected chi connectivity index (χ2v) is 4.80. The van der Waals surface area contributed by atoms with Crippen LogP contribution in [0, 0.1) is 0 Å². The minimum atomic E-state index is 0. The zero-order chi connectivity index (χ0) is 12.3. The molecule has 2 rings (SSSR count). The Morgan fingerprint density at radius 3 is 2.39 bits per heavy atom. The highest BCUT2D eigenvalue weighted by Crippen LogP contribution is 2.18. The van der Waals surface area contributed by atoms with Crippen LogP contribution in [0.4, 0.5) is 0 Å². The van der Waals surface area contributed by atoms with Gasteiger partial charge in [0, 0.05) is 0 Å². The normalized spacial score (nSPS) is 11.9. The predicted octanol–water partition coefficient (Wildman–Crippen LogP) is -0.122. The summed E-state index contributed by atoms with van der Waals surface area (Å²) in [6.07, 6.45) is 7.46. The summed E-state index contributed by atoms with van der Waals surface area (Å²) in [4.78, 5) is 0. The Labute approximate surface area is 116 Å². The highest BCUT2D eigenvalue weighted by atomic mass is 35.5. The first-order chi connectivity index (χ1) is 8.19. The van der Waals surface area contributed by atoms with Gasteiger partial charge >= 0.3 is 0 Å². The van der Waals surface area contributed by atoms with Gasteiger partial charge in [-0.25, -0.2) is 9.13 Å². The van der Waals surface area contributed by atoms with Crippen molar-refractivity contribution in [3.63, 3.8) is 0 Å². The lowest BCUT2D eigenvalue weighted by Crippen LogP contribution is -3.00. The van der Waals surface area contributed by atoms with E-state index in [0.717, 1.165) is 6.54 Å². The number of benzene rings is 1. The lowest BCUT2D eigenvalue weighted by molar-refractivity contribution is -0.671. The summed E-state index contributed by atoms with van der Waals surface area (Å²) in [5.74, 6) is 0.661. The van der Waals surface area contributed by atoms with Crippen LogP contribution in [0.3, 0.4) is 0 Å².